The molecule has 7 nitrogen and oxygen atoms in total. The molecule has 0 aromatic heterocycles. The van der Waals surface area contributed by atoms with Crippen LogP contribution in [-0.2, 0) is 14.3 Å². The lowest BCUT2D eigenvalue weighted by Gasteiger charge is -2.39. The number of carbonyl (C=O) groups is 1. The van der Waals surface area contributed by atoms with Gasteiger partial charge in [-0.15, -0.1) is 0 Å². The first-order chi connectivity index (χ1) is 7.11. The Labute approximate surface area is 85.9 Å². The van der Waals surface area contributed by atoms with Gasteiger partial charge in [0.05, 0.1) is 6.61 Å². The van der Waals surface area contributed by atoms with Crippen LogP contribution in [0, 0.1) is 0 Å². The van der Waals surface area contributed by atoms with E-state index in [0.717, 1.165) is 0 Å². The van der Waals surface area contributed by atoms with Crippen molar-refractivity contribution in [2.75, 3.05) is 13.2 Å². The van der Waals surface area contributed by atoms with Gasteiger partial charge in [-0.25, -0.2) is 0 Å². The first-order valence-corrected chi connectivity index (χ1v) is 4.47. The molecular formula is C8H14O7. The summed E-state index contributed by atoms with van der Waals surface area (Å²) in [5.41, 5.74) is 0. The number of carbonyl (C=O) groups excluding carboxylic acids is 1. The molecule has 0 amide bonds. The van der Waals surface area contributed by atoms with Gasteiger partial charge in [-0.05, 0) is 0 Å². The van der Waals surface area contributed by atoms with E-state index in [9.17, 15) is 20.1 Å². The van der Waals surface area contributed by atoms with Crippen LogP contribution in [0.3, 0.4) is 0 Å². The Kier molecular flexibility index (Phi) is 4.58. The second-order valence-electron chi connectivity index (χ2n) is 3.20. The quantitative estimate of drug-likeness (QED) is 0.374. The summed E-state index contributed by atoms with van der Waals surface area (Å²) in [7, 11) is 0. The van der Waals surface area contributed by atoms with Crippen molar-refractivity contribution in [3.05, 3.63) is 0 Å². The van der Waals surface area contributed by atoms with Crippen LogP contribution in [0.4, 0.5) is 0 Å². The zero-order valence-corrected chi connectivity index (χ0v) is 7.89. The van der Waals surface area contributed by atoms with E-state index in [1.807, 2.05) is 0 Å². The summed E-state index contributed by atoms with van der Waals surface area (Å²) < 4.78 is 9.71. The van der Waals surface area contributed by atoms with Gasteiger partial charge in [-0.3, -0.25) is 0 Å². The van der Waals surface area contributed by atoms with Gasteiger partial charge in [0.1, 0.15) is 37.3 Å². The minimum atomic E-state index is -1.48. The Bertz CT molecular complexity index is 207. The molecule has 1 rings (SSSR count). The van der Waals surface area contributed by atoms with Crippen LogP contribution in [0.2, 0.25) is 0 Å². The highest BCUT2D eigenvalue weighted by Gasteiger charge is 2.43. The topological polar surface area (TPSA) is 116 Å². The van der Waals surface area contributed by atoms with Crippen molar-refractivity contribution in [2.45, 2.75) is 30.7 Å². The fourth-order valence-corrected chi connectivity index (χ4v) is 1.34. The molecule has 1 heterocycles. The Morgan fingerprint density at radius 2 is 1.87 bits per heavy atom. The second kappa shape index (κ2) is 5.50. The number of rotatable bonds is 4. The summed E-state index contributed by atoms with van der Waals surface area (Å²) in [6.45, 7) is -0.825. The molecule has 7 heteroatoms. The third-order valence-electron chi connectivity index (χ3n) is 2.18. The summed E-state index contributed by atoms with van der Waals surface area (Å²) in [4.78, 5) is 10.0. The number of ether oxygens (including phenoxy) is 2. The molecule has 0 saturated carbocycles. The van der Waals surface area contributed by atoms with Gasteiger partial charge in [-0.1, -0.05) is 0 Å². The number of hydrogen-bond donors (Lipinski definition) is 4. The third kappa shape index (κ3) is 2.71. The highest BCUT2D eigenvalue weighted by molar-refractivity contribution is 5.50. The van der Waals surface area contributed by atoms with E-state index >= 15 is 0 Å². The summed E-state index contributed by atoms with van der Waals surface area (Å²) in [5, 5.41) is 36.9. The molecule has 0 aromatic rings. The van der Waals surface area contributed by atoms with Gasteiger partial charge in [0.2, 0.25) is 0 Å². The number of aliphatic hydroxyl groups is 4. The molecule has 0 aliphatic carbocycles. The largest absolute Gasteiger partial charge is 0.394 e. The molecular weight excluding hydrogens is 208 g/mol. The standard InChI is InChI=1S/C8H14O7/c9-1-2-14-8-7(13)6(12)5(11)4(3-10)15-8/h1,4-8,10-13H,2-3H2/t4-,5-,6-,7+,8-/m1/s1. The fourth-order valence-electron chi connectivity index (χ4n) is 1.34. The maximum absolute atomic E-state index is 10.0. The number of hydrogen-bond acceptors (Lipinski definition) is 7. The predicted octanol–water partition coefficient (Wildman–Crippen LogP) is -3.00. The van der Waals surface area contributed by atoms with Crippen molar-refractivity contribution in [1.82, 2.24) is 0 Å². The predicted molar refractivity (Wildman–Crippen MR) is 45.8 cm³/mol. The Morgan fingerprint density at radius 3 is 2.40 bits per heavy atom. The molecule has 1 saturated heterocycles. The second-order valence-corrected chi connectivity index (χ2v) is 3.20. The molecule has 1 aliphatic heterocycles. The summed E-state index contributed by atoms with van der Waals surface area (Å²) in [6.07, 6.45) is -6.14. The maximum Gasteiger partial charge on any atom is 0.187 e. The van der Waals surface area contributed by atoms with Crippen molar-refractivity contribution in [3.63, 3.8) is 0 Å². The molecule has 0 bridgehead atoms. The van der Waals surface area contributed by atoms with E-state index in [0.29, 0.717) is 6.29 Å². The van der Waals surface area contributed by atoms with Crippen LogP contribution < -0.4 is 0 Å². The first-order valence-electron chi connectivity index (χ1n) is 4.47. The molecule has 5 atom stereocenters. The lowest BCUT2D eigenvalue weighted by atomic mass is 9.99. The van der Waals surface area contributed by atoms with Crippen molar-refractivity contribution in [1.29, 1.82) is 0 Å². The van der Waals surface area contributed by atoms with Crippen molar-refractivity contribution in [3.8, 4) is 0 Å². The lowest BCUT2D eigenvalue weighted by molar-refractivity contribution is -0.298. The highest BCUT2D eigenvalue weighted by atomic mass is 16.7. The zero-order chi connectivity index (χ0) is 11.4. The third-order valence-corrected chi connectivity index (χ3v) is 2.18. The highest BCUT2D eigenvalue weighted by Crippen LogP contribution is 2.21. The SMILES string of the molecule is O=CCO[C@@H]1O[C@H](CO)[C@@H](O)[C@@H](O)[C@@H]1O. The monoisotopic (exact) mass is 222 g/mol. The first kappa shape index (κ1) is 12.5. The molecule has 1 fully saturated rings. The van der Waals surface area contributed by atoms with E-state index in [2.05, 4.69) is 0 Å². The van der Waals surface area contributed by atoms with E-state index in [-0.39, 0.29) is 6.61 Å². The van der Waals surface area contributed by atoms with Gasteiger partial charge in [-0.2, -0.15) is 0 Å². The molecule has 0 aromatic carbocycles. The summed E-state index contributed by atoms with van der Waals surface area (Å²) in [5.74, 6) is 0. The Hall–Kier alpha value is -0.570. The molecule has 0 unspecified atom stereocenters. The van der Waals surface area contributed by atoms with Gasteiger partial charge >= 0.3 is 0 Å². The molecule has 1 aliphatic rings. The average Bonchev–Trinajstić information content (AvgIpc) is 2.25. The van der Waals surface area contributed by atoms with E-state index in [1.54, 1.807) is 0 Å². The Morgan fingerprint density at radius 1 is 1.20 bits per heavy atom. The number of aldehydes is 1. The average molecular weight is 222 g/mol. The van der Waals surface area contributed by atoms with Crippen LogP contribution in [0.5, 0.6) is 0 Å². The molecule has 15 heavy (non-hydrogen) atoms. The van der Waals surface area contributed by atoms with E-state index in [1.165, 1.54) is 0 Å². The lowest BCUT2D eigenvalue weighted by Crippen LogP contribution is -2.59. The maximum atomic E-state index is 10.0. The van der Waals surface area contributed by atoms with E-state index < -0.39 is 37.3 Å². The minimum absolute atomic E-state index is 0.303. The van der Waals surface area contributed by atoms with Crippen molar-refractivity contribution >= 4 is 6.29 Å². The Balaban J connectivity index is 2.60. The van der Waals surface area contributed by atoms with Crippen LogP contribution in [0.25, 0.3) is 0 Å². The van der Waals surface area contributed by atoms with Crippen molar-refractivity contribution < 1.29 is 34.7 Å². The fraction of sp³-hybridized carbons (Fsp3) is 0.875. The van der Waals surface area contributed by atoms with Gasteiger partial charge in [0, 0.05) is 0 Å². The van der Waals surface area contributed by atoms with Crippen LogP contribution >= 0.6 is 0 Å². The van der Waals surface area contributed by atoms with Gasteiger partial charge < -0.3 is 34.7 Å². The molecule has 4 N–H and O–H groups in total. The summed E-state index contributed by atoms with van der Waals surface area (Å²) in [6, 6.07) is 0. The van der Waals surface area contributed by atoms with Gasteiger partial charge in [0.15, 0.2) is 6.29 Å². The molecule has 88 valence electrons. The molecule has 0 radical (unpaired) electrons. The van der Waals surface area contributed by atoms with Crippen LogP contribution in [-0.4, -0.2) is 70.6 Å². The normalized spacial score (nSPS) is 41.5. The van der Waals surface area contributed by atoms with Crippen LogP contribution in [0.15, 0.2) is 0 Å². The van der Waals surface area contributed by atoms with Gasteiger partial charge in [0.25, 0.3) is 0 Å². The number of aliphatic hydroxyl groups excluding tert-OH is 4. The summed E-state index contributed by atoms with van der Waals surface area (Å²) >= 11 is 0. The minimum Gasteiger partial charge on any atom is -0.394 e. The smallest absolute Gasteiger partial charge is 0.187 e. The van der Waals surface area contributed by atoms with E-state index in [4.69, 9.17) is 14.6 Å². The molecule has 0 spiro atoms. The van der Waals surface area contributed by atoms with Crippen molar-refractivity contribution in [2.24, 2.45) is 0 Å². The zero-order valence-electron chi connectivity index (χ0n) is 7.89. The van der Waals surface area contributed by atoms with Crippen LogP contribution in [0.1, 0.15) is 0 Å².